The van der Waals surface area contributed by atoms with Gasteiger partial charge in [0, 0.05) is 43.4 Å². The first-order valence-electron chi connectivity index (χ1n) is 13.8. The molecule has 23 heteroatoms. The van der Waals surface area contributed by atoms with E-state index >= 15 is 0 Å². The standard InChI is InChI=1S/C12H22O11.C11H9I3N2O4.C3H5ClO.Na/c13-1-4-6(16)8(18)9(19)11(21-4)23-12(3-15)10(20)7(17)5(2-14)22-12;1-3(17)15-9-6(12)5(11(19)20)7(13)10(8(9)14)16-4(2)18;4-1-3-2-5-3;/h4-11,13-20H,1-3H2;1-2H3,(H,15,17)(H,16,18)(H,19,20);3H,1-2H2;/t4-,5-,6-,7-,8+,9-,10+,11-,12+;;;/m1.../s1. The number of carboxylic acid groups (broad SMARTS) is 1. The van der Waals surface area contributed by atoms with Crippen LogP contribution in [0.5, 0.6) is 0 Å². The minimum absolute atomic E-state index is 0. The van der Waals surface area contributed by atoms with Crippen LogP contribution >= 0.6 is 79.4 Å². The first-order chi connectivity index (χ1) is 22.4. The number of halogens is 4. The molecule has 3 aliphatic rings. The molecule has 1 aromatic carbocycles. The number of hydrogen-bond acceptors (Lipinski definition) is 15. The van der Waals surface area contributed by atoms with Gasteiger partial charge in [-0.05, 0) is 67.8 Å². The van der Waals surface area contributed by atoms with Crippen LogP contribution in [0.15, 0.2) is 0 Å². The van der Waals surface area contributed by atoms with Crippen molar-refractivity contribution >= 4 is 138 Å². The molecule has 3 heterocycles. The average molecular weight is 1070 g/mol. The Hall–Kier alpha value is 0.630. The van der Waals surface area contributed by atoms with Gasteiger partial charge in [0.05, 0.1) is 59.5 Å². The number of amides is 2. The molecule has 275 valence electrons. The van der Waals surface area contributed by atoms with Gasteiger partial charge in [0.15, 0.2) is 6.29 Å². The number of alkyl halides is 1. The molecular formula is C26H36ClI3N2NaO16. The van der Waals surface area contributed by atoms with Gasteiger partial charge in [-0.15, -0.1) is 11.6 Å². The van der Waals surface area contributed by atoms with Gasteiger partial charge in [-0.3, -0.25) is 9.59 Å². The second-order valence-electron chi connectivity index (χ2n) is 10.4. The smallest absolute Gasteiger partial charge is 0.338 e. The SMILES string of the molecule is CC(=O)Nc1c(I)c(NC(C)=O)c(I)c(C(=O)O)c1I.ClCC1CO1.OC[C@H]1O[C@@](CO)(O[C@H]2O[C@H](CO)[C@@H](O)[C@H](O)[C@H]2O)[C@@H](O)[C@@H]1O.[Na]. The van der Waals surface area contributed by atoms with Gasteiger partial charge in [-0.1, -0.05) is 0 Å². The first kappa shape index (κ1) is 47.7. The zero-order chi connectivity index (χ0) is 36.7. The van der Waals surface area contributed by atoms with E-state index in [0.717, 1.165) is 6.61 Å². The molecule has 11 N–H and O–H groups in total. The predicted octanol–water partition coefficient (Wildman–Crippen LogP) is -2.04. The molecular weight excluding hydrogens is 1040 g/mol. The summed E-state index contributed by atoms with van der Waals surface area (Å²) in [5, 5.41) is 91.2. The number of ether oxygens (including phenoxy) is 4. The average Bonchev–Trinajstić information content (AvgIpc) is 3.84. The van der Waals surface area contributed by atoms with Gasteiger partial charge >= 0.3 is 5.97 Å². The molecule has 0 aromatic heterocycles. The van der Waals surface area contributed by atoms with Gasteiger partial charge in [-0.25, -0.2) is 4.79 Å². The van der Waals surface area contributed by atoms with E-state index < -0.39 is 80.6 Å². The molecule has 0 saturated carbocycles. The van der Waals surface area contributed by atoms with Crippen LogP contribution in [0.2, 0.25) is 0 Å². The zero-order valence-electron chi connectivity index (χ0n) is 26.1. The van der Waals surface area contributed by atoms with E-state index in [9.17, 15) is 50.1 Å². The molecule has 0 bridgehead atoms. The summed E-state index contributed by atoms with van der Waals surface area (Å²) in [5.74, 6) is -3.30. The maximum absolute atomic E-state index is 11.4. The van der Waals surface area contributed by atoms with Crippen LogP contribution in [0.4, 0.5) is 11.4 Å². The zero-order valence-corrected chi connectivity index (χ0v) is 35.4. The minimum Gasteiger partial charge on any atom is -0.478 e. The molecule has 3 saturated heterocycles. The van der Waals surface area contributed by atoms with Crippen molar-refractivity contribution in [3.8, 4) is 0 Å². The maximum atomic E-state index is 11.4. The van der Waals surface area contributed by atoms with Crippen LogP contribution in [-0.2, 0) is 28.5 Å². The van der Waals surface area contributed by atoms with Gasteiger partial charge < -0.3 is 75.5 Å². The summed E-state index contributed by atoms with van der Waals surface area (Å²) >= 11 is 11.0. The van der Waals surface area contributed by atoms with Crippen LogP contribution in [0.3, 0.4) is 0 Å². The summed E-state index contributed by atoms with van der Waals surface area (Å²) in [5.41, 5.74) is 0.833. The number of rotatable bonds is 9. The fraction of sp³-hybridized carbons (Fsp3) is 0.654. The van der Waals surface area contributed by atoms with Gasteiger partial charge in [-0.2, -0.15) is 0 Å². The van der Waals surface area contributed by atoms with Crippen molar-refractivity contribution in [3.05, 3.63) is 16.3 Å². The van der Waals surface area contributed by atoms with Crippen molar-refractivity contribution in [1.82, 2.24) is 0 Å². The maximum Gasteiger partial charge on any atom is 0.338 e. The Balaban J connectivity index is 0.000000423. The van der Waals surface area contributed by atoms with E-state index in [1.807, 2.05) is 67.8 Å². The van der Waals surface area contributed by atoms with E-state index in [1.165, 1.54) is 13.8 Å². The van der Waals surface area contributed by atoms with Crippen LogP contribution in [0.1, 0.15) is 24.2 Å². The Morgan fingerprint density at radius 2 is 1.35 bits per heavy atom. The minimum atomic E-state index is -2.22. The Labute approximate surface area is 347 Å². The second-order valence-corrected chi connectivity index (χ2v) is 13.9. The van der Waals surface area contributed by atoms with E-state index in [1.54, 1.807) is 0 Å². The number of carboxylic acids is 1. The molecule has 1 aromatic rings. The number of aliphatic hydroxyl groups is 8. The van der Waals surface area contributed by atoms with Crippen molar-refractivity contribution in [2.24, 2.45) is 0 Å². The van der Waals surface area contributed by atoms with E-state index in [-0.39, 0.29) is 46.9 Å². The van der Waals surface area contributed by atoms with Crippen molar-refractivity contribution < 1.29 is 79.3 Å². The molecule has 1 unspecified atom stereocenters. The number of hydrogen-bond donors (Lipinski definition) is 11. The Bertz CT molecular complexity index is 1260. The van der Waals surface area contributed by atoms with Crippen molar-refractivity contribution in [2.75, 3.05) is 42.9 Å². The fourth-order valence-electron chi connectivity index (χ4n) is 4.21. The Kier molecular flexibility index (Phi) is 20.9. The van der Waals surface area contributed by atoms with Crippen molar-refractivity contribution in [1.29, 1.82) is 0 Å². The van der Waals surface area contributed by atoms with Crippen LogP contribution in [-0.4, -0.2) is 187 Å². The number of nitrogens with one attached hydrogen (secondary N) is 2. The van der Waals surface area contributed by atoms with Crippen molar-refractivity contribution in [3.63, 3.8) is 0 Å². The normalized spacial score (nSPS) is 31.6. The molecule has 18 nitrogen and oxygen atoms in total. The largest absolute Gasteiger partial charge is 0.478 e. The fourth-order valence-corrected chi connectivity index (χ4v) is 8.56. The molecule has 49 heavy (non-hydrogen) atoms. The molecule has 1 radical (unpaired) electrons. The number of carbonyl (C=O) groups excluding carboxylic acids is 2. The third-order valence-corrected chi connectivity index (χ3v) is 10.4. The molecule has 2 amide bonds. The number of epoxide rings is 1. The second kappa shape index (κ2) is 21.5. The number of aliphatic hydroxyl groups excluding tert-OH is 8. The Morgan fingerprint density at radius 3 is 1.67 bits per heavy atom. The molecule has 4 rings (SSSR count). The van der Waals surface area contributed by atoms with E-state index in [0.29, 0.717) is 34.1 Å². The summed E-state index contributed by atoms with van der Waals surface area (Å²) in [6.45, 7) is 1.23. The molecule has 10 atom stereocenters. The monoisotopic (exact) mass is 1070 g/mol. The van der Waals surface area contributed by atoms with Gasteiger partial charge in [0.1, 0.15) is 49.3 Å². The summed E-state index contributed by atoms with van der Waals surface area (Å²) in [7, 11) is 0. The summed E-state index contributed by atoms with van der Waals surface area (Å²) in [4.78, 5) is 33.9. The summed E-state index contributed by atoms with van der Waals surface area (Å²) in [6, 6.07) is 0. The molecule has 3 fully saturated rings. The van der Waals surface area contributed by atoms with Gasteiger partial charge in [0.2, 0.25) is 17.6 Å². The summed E-state index contributed by atoms with van der Waals surface area (Å²) < 4.78 is 21.6. The third kappa shape index (κ3) is 12.3. The van der Waals surface area contributed by atoms with Crippen LogP contribution < -0.4 is 10.6 Å². The third-order valence-electron chi connectivity index (χ3n) is 6.78. The van der Waals surface area contributed by atoms with Crippen molar-refractivity contribution in [2.45, 2.75) is 74.8 Å². The number of benzene rings is 1. The predicted molar refractivity (Wildman–Crippen MR) is 195 cm³/mol. The number of aromatic carboxylic acids is 1. The molecule has 3 aliphatic heterocycles. The van der Waals surface area contributed by atoms with E-state index in [2.05, 4.69) is 10.6 Å². The van der Waals surface area contributed by atoms with Crippen LogP contribution in [0, 0.1) is 10.7 Å². The van der Waals surface area contributed by atoms with Gasteiger partial charge in [0.25, 0.3) is 0 Å². The quantitative estimate of drug-likeness (QED) is 0.0550. The topological polar surface area (TPSA) is 298 Å². The van der Waals surface area contributed by atoms with E-state index in [4.69, 9.17) is 40.8 Å². The summed E-state index contributed by atoms with van der Waals surface area (Å²) in [6.07, 6.45) is -12.3. The number of carbonyl (C=O) groups is 3. The molecule has 0 spiro atoms. The molecule has 0 aliphatic carbocycles. The first-order valence-corrected chi connectivity index (χ1v) is 17.6. The van der Waals surface area contributed by atoms with Crippen LogP contribution in [0.25, 0.3) is 0 Å². The Morgan fingerprint density at radius 1 is 0.857 bits per heavy atom. The number of anilines is 2.